The highest BCUT2D eigenvalue weighted by atomic mass is 32.1. The minimum atomic E-state index is 0.927. The summed E-state index contributed by atoms with van der Waals surface area (Å²) >= 11 is 7.11. The molecule has 3 heteroatoms. The van der Waals surface area contributed by atoms with Crippen molar-refractivity contribution in [2.45, 2.75) is 13.0 Å². The second-order valence-corrected chi connectivity index (χ2v) is 6.14. The molecule has 0 unspecified atom stereocenters. The molecule has 0 amide bonds. The van der Waals surface area contributed by atoms with E-state index >= 15 is 0 Å². The Kier molecular flexibility index (Phi) is 4.09. The smallest absolute Gasteiger partial charge is 0.161 e. The van der Waals surface area contributed by atoms with Gasteiger partial charge < -0.3 is 4.57 Å². The first-order chi connectivity index (χ1) is 9.84. The molecule has 20 heavy (non-hydrogen) atoms. The average Bonchev–Trinajstić information content (AvgIpc) is 2.88. The second kappa shape index (κ2) is 6.16. The molecule has 0 N–H and O–H groups in total. The summed E-state index contributed by atoms with van der Waals surface area (Å²) in [7, 11) is 0. The van der Waals surface area contributed by atoms with Gasteiger partial charge >= 0.3 is 0 Å². The Bertz CT molecular complexity index is 726. The van der Waals surface area contributed by atoms with E-state index in [1.165, 1.54) is 16.8 Å². The number of benzene rings is 2. The number of hydrogen-bond donors (Lipinski definition) is 0. The van der Waals surface area contributed by atoms with Gasteiger partial charge in [0, 0.05) is 11.9 Å². The molecule has 0 fully saturated rings. The van der Waals surface area contributed by atoms with Gasteiger partial charge in [0.15, 0.2) is 3.95 Å². The molecule has 1 aromatic heterocycles. The van der Waals surface area contributed by atoms with E-state index in [-0.39, 0.29) is 0 Å². The van der Waals surface area contributed by atoms with Crippen LogP contribution in [-0.2, 0) is 13.0 Å². The molecule has 1 nitrogen and oxygen atoms in total. The van der Waals surface area contributed by atoms with Crippen molar-refractivity contribution in [2.75, 3.05) is 0 Å². The maximum atomic E-state index is 5.47. The number of hydrogen-bond acceptors (Lipinski definition) is 2. The fourth-order valence-electron chi connectivity index (χ4n) is 2.26. The van der Waals surface area contributed by atoms with Crippen molar-refractivity contribution in [2.24, 2.45) is 0 Å². The highest BCUT2D eigenvalue weighted by Crippen LogP contribution is 2.24. The van der Waals surface area contributed by atoms with Crippen molar-refractivity contribution in [1.82, 2.24) is 4.57 Å². The third kappa shape index (κ3) is 2.89. The van der Waals surface area contributed by atoms with Crippen molar-refractivity contribution in [1.29, 1.82) is 0 Å². The fourth-order valence-corrected chi connectivity index (χ4v) is 3.39. The molecule has 3 rings (SSSR count). The Morgan fingerprint density at radius 1 is 0.900 bits per heavy atom. The van der Waals surface area contributed by atoms with Crippen LogP contribution in [0.3, 0.4) is 0 Å². The minimum absolute atomic E-state index is 0.927. The van der Waals surface area contributed by atoms with E-state index in [0.29, 0.717) is 0 Å². The van der Waals surface area contributed by atoms with Crippen molar-refractivity contribution < 1.29 is 0 Å². The van der Waals surface area contributed by atoms with Gasteiger partial charge in [0.25, 0.3) is 0 Å². The normalized spacial score (nSPS) is 10.6. The van der Waals surface area contributed by atoms with Crippen LogP contribution in [0.25, 0.3) is 11.3 Å². The maximum Gasteiger partial charge on any atom is 0.161 e. The molecular weight excluding hydrogens is 282 g/mol. The predicted molar refractivity (Wildman–Crippen MR) is 88.7 cm³/mol. The Morgan fingerprint density at radius 2 is 1.55 bits per heavy atom. The first kappa shape index (κ1) is 13.3. The molecule has 0 aliphatic carbocycles. The van der Waals surface area contributed by atoms with Crippen LogP contribution in [-0.4, -0.2) is 4.57 Å². The lowest BCUT2D eigenvalue weighted by Crippen LogP contribution is -2.03. The molecule has 0 radical (unpaired) electrons. The van der Waals surface area contributed by atoms with Gasteiger partial charge in [-0.05, 0) is 29.8 Å². The van der Waals surface area contributed by atoms with E-state index in [9.17, 15) is 0 Å². The van der Waals surface area contributed by atoms with Crippen LogP contribution in [0.15, 0.2) is 66.0 Å². The van der Waals surface area contributed by atoms with E-state index in [1.54, 1.807) is 11.3 Å². The number of nitrogens with zero attached hydrogens (tertiary/aromatic N) is 1. The van der Waals surface area contributed by atoms with E-state index in [1.807, 2.05) is 6.07 Å². The van der Waals surface area contributed by atoms with E-state index in [0.717, 1.165) is 16.9 Å². The van der Waals surface area contributed by atoms with Crippen molar-refractivity contribution >= 4 is 23.6 Å². The number of thiazole rings is 1. The van der Waals surface area contributed by atoms with Crippen LogP contribution < -0.4 is 0 Å². The summed E-state index contributed by atoms with van der Waals surface area (Å²) in [5.41, 5.74) is 3.80. The standard InChI is InChI=1S/C17H15NS2/c19-17-18(12-11-14-7-3-1-4-8-14)16(13-20-17)15-9-5-2-6-10-15/h1-10,13H,11-12H2. The summed E-state index contributed by atoms with van der Waals surface area (Å²) in [6, 6.07) is 21.0. The highest BCUT2D eigenvalue weighted by molar-refractivity contribution is 7.73. The van der Waals surface area contributed by atoms with E-state index in [4.69, 9.17) is 12.2 Å². The van der Waals surface area contributed by atoms with Crippen LogP contribution in [0.2, 0.25) is 0 Å². The van der Waals surface area contributed by atoms with Gasteiger partial charge in [-0.15, -0.1) is 11.3 Å². The summed E-state index contributed by atoms with van der Waals surface area (Å²) in [5, 5.41) is 2.16. The molecule has 0 bridgehead atoms. The molecule has 0 aliphatic heterocycles. The van der Waals surface area contributed by atoms with Gasteiger partial charge in [-0.25, -0.2) is 0 Å². The molecule has 0 aliphatic rings. The molecule has 3 aromatic rings. The Morgan fingerprint density at radius 3 is 2.25 bits per heavy atom. The molecule has 2 aromatic carbocycles. The van der Waals surface area contributed by atoms with Gasteiger partial charge in [0.2, 0.25) is 0 Å². The zero-order valence-corrected chi connectivity index (χ0v) is 12.7. The third-order valence-corrected chi connectivity index (χ3v) is 4.59. The first-order valence-electron chi connectivity index (χ1n) is 6.62. The molecule has 0 spiro atoms. The Hall–Kier alpha value is -1.71. The summed E-state index contributed by atoms with van der Waals surface area (Å²) in [6.45, 7) is 0.927. The summed E-state index contributed by atoms with van der Waals surface area (Å²) in [4.78, 5) is 0. The van der Waals surface area contributed by atoms with E-state index in [2.05, 4.69) is 64.5 Å². The zero-order valence-electron chi connectivity index (χ0n) is 11.0. The topological polar surface area (TPSA) is 4.93 Å². The molecule has 0 saturated heterocycles. The summed E-state index contributed by atoms with van der Waals surface area (Å²) in [5.74, 6) is 0. The summed E-state index contributed by atoms with van der Waals surface area (Å²) < 4.78 is 3.18. The van der Waals surface area contributed by atoms with Gasteiger partial charge in [-0.1, -0.05) is 60.7 Å². The first-order valence-corrected chi connectivity index (χ1v) is 7.91. The highest BCUT2D eigenvalue weighted by Gasteiger charge is 2.06. The summed E-state index contributed by atoms with van der Waals surface area (Å²) in [6.07, 6.45) is 1.01. The number of aryl methyl sites for hydroxylation is 1. The SMILES string of the molecule is S=c1scc(-c2ccccc2)n1CCc1ccccc1. The molecular formula is C17H15NS2. The minimum Gasteiger partial charge on any atom is -0.323 e. The third-order valence-electron chi connectivity index (χ3n) is 3.32. The lowest BCUT2D eigenvalue weighted by Gasteiger charge is -2.09. The van der Waals surface area contributed by atoms with Crippen molar-refractivity contribution in [3.63, 3.8) is 0 Å². The van der Waals surface area contributed by atoms with Crippen LogP contribution in [0.5, 0.6) is 0 Å². The zero-order chi connectivity index (χ0) is 13.8. The van der Waals surface area contributed by atoms with Gasteiger partial charge in [0.1, 0.15) is 0 Å². The lowest BCUT2D eigenvalue weighted by atomic mass is 10.1. The van der Waals surface area contributed by atoms with Gasteiger partial charge in [-0.2, -0.15) is 0 Å². The lowest BCUT2D eigenvalue weighted by molar-refractivity contribution is 0.703. The van der Waals surface area contributed by atoms with Gasteiger partial charge in [0.05, 0.1) is 5.69 Å². The molecule has 0 atom stereocenters. The number of aromatic nitrogens is 1. The Labute approximate surface area is 128 Å². The average molecular weight is 297 g/mol. The van der Waals surface area contributed by atoms with Crippen LogP contribution in [0.4, 0.5) is 0 Å². The molecule has 1 heterocycles. The predicted octanol–water partition coefficient (Wildman–Crippen LogP) is 5.19. The van der Waals surface area contributed by atoms with Crippen molar-refractivity contribution in [3.05, 3.63) is 75.6 Å². The van der Waals surface area contributed by atoms with Crippen molar-refractivity contribution in [3.8, 4) is 11.3 Å². The largest absolute Gasteiger partial charge is 0.323 e. The molecule has 100 valence electrons. The van der Waals surface area contributed by atoms with Crippen LogP contribution in [0.1, 0.15) is 5.56 Å². The van der Waals surface area contributed by atoms with Crippen LogP contribution in [0, 0.1) is 3.95 Å². The monoisotopic (exact) mass is 297 g/mol. The Balaban J connectivity index is 1.87. The van der Waals surface area contributed by atoms with Crippen LogP contribution >= 0.6 is 23.6 Å². The fraction of sp³-hybridized carbons (Fsp3) is 0.118. The number of rotatable bonds is 4. The molecule has 0 saturated carbocycles. The quantitative estimate of drug-likeness (QED) is 0.600. The van der Waals surface area contributed by atoms with E-state index < -0.39 is 0 Å². The maximum absolute atomic E-state index is 5.47. The van der Waals surface area contributed by atoms with Gasteiger partial charge in [-0.3, -0.25) is 0 Å². The second-order valence-electron chi connectivity index (χ2n) is 4.64.